The molecule has 1 aromatic carbocycles. The summed E-state index contributed by atoms with van der Waals surface area (Å²) in [6.07, 6.45) is 7.74. The summed E-state index contributed by atoms with van der Waals surface area (Å²) in [7, 11) is 0. The minimum absolute atomic E-state index is 0. The van der Waals surface area contributed by atoms with Gasteiger partial charge in [0.25, 0.3) is 5.89 Å². The molecule has 0 atom stereocenters. The zero-order chi connectivity index (χ0) is 15.7. The van der Waals surface area contributed by atoms with Crippen LogP contribution in [-0.4, -0.2) is 15.1 Å². The Bertz CT molecular complexity index is 868. The topological polar surface area (TPSA) is 77.8 Å². The summed E-state index contributed by atoms with van der Waals surface area (Å²) in [4.78, 5) is 9.01. The lowest BCUT2D eigenvalue weighted by molar-refractivity contribution is 0.364. The summed E-state index contributed by atoms with van der Waals surface area (Å²) in [5, 5.41) is 5.17. The Hall–Kier alpha value is -2.24. The number of hydrogen-bond acceptors (Lipinski definition) is 5. The molecule has 1 aliphatic carbocycles. The van der Waals surface area contributed by atoms with Gasteiger partial charge in [0.1, 0.15) is 0 Å². The highest BCUT2D eigenvalue weighted by Crippen LogP contribution is 2.34. The van der Waals surface area contributed by atoms with Crippen molar-refractivity contribution in [2.24, 2.45) is 5.73 Å². The maximum Gasteiger partial charge on any atom is 0.250 e. The molecule has 0 radical (unpaired) electrons. The van der Waals surface area contributed by atoms with Crippen molar-refractivity contribution in [3.63, 3.8) is 0 Å². The largest absolute Gasteiger partial charge is 0.335 e. The fraction of sp³-hybridized carbons (Fsp3) is 0.278. The average molecular weight is 343 g/mol. The maximum atomic E-state index is 6.34. The quantitative estimate of drug-likeness (QED) is 0.780. The van der Waals surface area contributed by atoms with Crippen molar-refractivity contribution in [3.8, 4) is 0 Å². The van der Waals surface area contributed by atoms with Crippen LogP contribution in [0.15, 0.2) is 40.9 Å². The molecule has 6 heteroatoms. The van der Waals surface area contributed by atoms with E-state index in [9.17, 15) is 0 Å². The first-order valence-corrected chi connectivity index (χ1v) is 7.90. The Morgan fingerprint density at radius 1 is 1.00 bits per heavy atom. The second kappa shape index (κ2) is 6.71. The smallest absolute Gasteiger partial charge is 0.250 e. The van der Waals surface area contributed by atoms with Gasteiger partial charge in [0.05, 0.1) is 16.7 Å². The molecule has 124 valence electrons. The number of para-hydroxylation sites is 1. The van der Waals surface area contributed by atoms with E-state index >= 15 is 0 Å². The Morgan fingerprint density at radius 3 is 2.62 bits per heavy atom. The van der Waals surface area contributed by atoms with Crippen LogP contribution in [0.3, 0.4) is 0 Å². The van der Waals surface area contributed by atoms with E-state index in [1.807, 2.05) is 36.4 Å². The monoisotopic (exact) mass is 342 g/mol. The SMILES string of the molecule is Cl.NC1(c2noc(/C=C/c3ccc4ccccc4n3)n2)CCCC1. The van der Waals surface area contributed by atoms with Crippen LogP contribution in [0, 0.1) is 0 Å². The Morgan fingerprint density at radius 2 is 1.79 bits per heavy atom. The standard InChI is InChI=1S/C18H18N4O.ClH/c19-18(11-3-4-12-18)17-21-16(23-22-17)10-9-14-8-7-13-5-1-2-6-15(13)20-14;/h1-2,5-10H,3-4,11-12,19H2;1H/b10-9+;. The van der Waals surface area contributed by atoms with Gasteiger partial charge in [0, 0.05) is 11.5 Å². The van der Waals surface area contributed by atoms with Gasteiger partial charge in [-0.3, -0.25) is 0 Å². The third-order valence-electron chi connectivity index (χ3n) is 4.40. The van der Waals surface area contributed by atoms with Gasteiger partial charge in [0.15, 0.2) is 5.82 Å². The van der Waals surface area contributed by atoms with E-state index in [0.717, 1.165) is 42.3 Å². The van der Waals surface area contributed by atoms with Gasteiger partial charge in [-0.05, 0) is 31.1 Å². The zero-order valence-electron chi connectivity index (χ0n) is 13.2. The molecule has 0 saturated heterocycles. The molecule has 2 N–H and O–H groups in total. The Kier molecular flexibility index (Phi) is 4.64. The molecule has 1 saturated carbocycles. The number of fused-ring (bicyclic) bond motifs is 1. The lowest BCUT2D eigenvalue weighted by Crippen LogP contribution is -2.34. The van der Waals surface area contributed by atoms with Crippen LogP contribution < -0.4 is 5.73 Å². The van der Waals surface area contributed by atoms with Crippen LogP contribution in [0.4, 0.5) is 0 Å². The zero-order valence-corrected chi connectivity index (χ0v) is 14.0. The molecule has 0 spiro atoms. The van der Waals surface area contributed by atoms with Gasteiger partial charge in [-0.1, -0.05) is 42.3 Å². The van der Waals surface area contributed by atoms with Crippen LogP contribution in [0.2, 0.25) is 0 Å². The van der Waals surface area contributed by atoms with Gasteiger partial charge < -0.3 is 10.3 Å². The number of pyridine rings is 1. The second-order valence-corrected chi connectivity index (χ2v) is 6.08. The van der Waals surface area contributed by atoms with E-state index in [1.165, 1.54) is 0 Å². The number of halogens is 1. The van der Waals surface area contributed by atoms with Crippen molar-refractivity contribution in [2.75, 3.05) is 0 Å². The van der Waals surface area contributed by atoms with Gasteiger partial charge in [-0.2, -0.15) is 4.98 Å². The normalized spacial score (nSPS) is 16.5. The first-order chi connectivity index (χ1) is 11.2. The summed E-state index contributed by atoms with van der Waals surface area (Å²) in [5.41, 5.74) is 7.74. The molecule has 5 nitrogen and oxygen atoms in total. The van der Waals surface area contributed by atoms with Crippen molar-refractivity contribution in [2.45, 2.75) is 31.2 Å². The summed E-state index contributed by atoms with van der Waals surface area (Å²) in [6.45, 7) is 0. The van der Waals surface area contributed by atoms with Gasteiger partial charge in [-0.15, -0.1) is 12.4 Å². The number of hydrogen-bond donors (Lipinski definition) is 1. The molecule has 2 heterocycles. The molecule has 0 bridgehead atoms. The molecular formula is C18H19ClN4O. The second-order valence-electron chi connectivity index (χ2n) is 6.08. The molecular weight excluding hydrogens is 324 g/mol. The molecule has 1 fully saturated rings. The number of nitrogens with two attached hydrogens (primary N) is 1. The minimum atomic E-state index is -0.420. The maximum absolute atomic E-state index is 6.34. The van der Waals surface area contributed by atoms with E-state index in [1.54, 1.807) is 6.08 Å². The fourth-order valence-corrected chi connectivity index (χ4v) is 3.07. The summed E-state index contributed by atoms with van der Waals surface area (Å²) < 4.78 is 5.30. The van der Waals surface area contributed by atoms with E-state index in [2.05, 4.69) is 21.2 Å². The summed E-state index contributed by atoms with van der Waals surface area (Å²) >= 11 is 0. The van der Waals surface area contributed by atoms with Gasteiger partial charge >= 0.3 is 0 Å². The van der Waals surface area contributed by atoms with E-state index in [-0.39, 0.29) is 12.4 Å². The fourth-order valence-electron chi connectivity index (χ4n) is 3.07. The Balaban J connectivity index is 0.00000169. The summed E-state index contributed by atoms with van der Waals surface area (Å²) in [5.74, 6) is 1.08. The minimum Gasteiger partial charge on any atom is -0.335 e. The number of aromatic nitrogens is 3. The highest BCUT2D eigenvalue weighted by Gasteiger charge is 2.35. The van der Waals surface area contributed by atoms with Crippen LogP contribution in [0.5, 0.6) is 0 Å². The third-order valence-corrected chi connectivity index (χ3v) is 4.40. The lowest BCUT2D eigenvalue weighted by Gasteiger charge is -2.17. The van der Waals surface area contributed by atoms with E-state index < -0.39 is 5.54 Å². The first-order valence-electron chi connectivity index (χ1n) is 7.90. The predicted molar refractivity (Wildman–Crippen MR) is 96.6 cm³/mol. The Labute approximate surface area is 146 Å². The molecule has 2 aromatic heterocycles. The molecule has 4 rings (SSSR count). The first kappa shape index (κ1) is 16.6. The number of nitrogens with zero attached hydrogens (tertiary/aromatic N) is 3. The van der Waals surface area contributed by atoms with Crippen molar-refractivity contribution in [1.82, 2.24) is 15.1 Å². The number of benzene rings is 1. The van der Waals surface area contributed by atoms with Crippen molar-refractivity contribution in [1.29, 1.82) is 0 Å². The van der Waals surface area contributed by atoms with E-state index in [0.29, 0.717) is 11.7 Å². The average Bonchev–Trinajstić information content (AvgIpc) is 3.23. The van der Waals surface area contributed by atoms with Gasteiger partial charge in [0.2, 0.25) is 0 Å². The summed E-state index contributed by atoms with van der Waals surface area (Å²) in [6, 6.07) is 12.0. The van der Waals surface area contributed by atoms with Crippen LogP contribution in [-0.2, 0) is 5.54 Å². The van der Waals surface area contributed by atoms with E-state index in [4.69, 9.17) is 10.3 Å². The molecule has 0 amide bonds. The van der Waals surface area contributed by atoms with Crippen LogP contribution in [0.25, 0.3) is 23.1 Å². The van der Waals surface area contributed by atoms with Crippen molar-refractivity contribution >= 4 is 35.5 Å². The molecule has 3 aromatic rings. The number of rotatable bonds is 3. The lowest BCUT2D eigenvalue weighted by atomic mass is 9.99. The van der Waals surface area contributed by atoms with Crippen molar-refractivity contribution in [3.05, 3.63) is 53.8 Å². The predicted octanol–water partition coefficient (Wildman–Crippen LogP) is 3.94. The molecule has 1 aliphatic rings. The highest BCUT2D eigenvalue weighted by molar-refractivity contribution is 5.85. The third kappa shape index (κ3) is 3.18. The van der Waals surface area contributed by atoms with Crippen LogP contribution in [0.1, 0.15) is 43.1 Å². The highest BCUT2D eigenvalue weighted by atomic mass is 35.5. The molecule has 24 heavy (non-hydrogen) atoms. The molecule has 0 aliphatic heterocycles. The van der Waals surface area contributed by atoms with Crippen molar-refractivity contribution < 1.29 is 4.52 Å². The molecule has 0 unspecified atom stereocenters. The van der Waals surface area contributed by atoms with Gasteiger partial charge in [-0.25, -0.2) is 4.98 Å². The van der Waals surface area contributed by atoms with Crippen LogP contribution >= 0.6 is 12.4 Å².